The van der Waals surface area contributed by atoms with Crippen molar-refractivity contribution in [3.05, 3.63) is 46.7 Å². The monoisotopic (exact) mass is 330 g/mol. The molecule has 2 aromatic rings. The van der Waals surface area contributed by atoms with Gasteiger partial charge >= 0.3 is 0 Å². The van der Waals surface area contributed by atoms with Crippen molar-refractivity contribution in [1.29, 1.82) is 0 Å². The number of rotatable bonds is 3. The van der Waals surface area contributed by atoms with E-state index < -0.39 is 0 Å². The van der Waals surface area contributed by atoms with Gasteiger partial charge in [0.1, 0.15) is 0 Å². The first-order valence-electron chi connectivity index (χ1n) is 9.87. The third-order valence-corrected chi connectivity index (χ3v) is 6.28. The van der Waals surface area contributed by atoms with Crippen LogP contribution in [0.25, 0.3) is 16.5 Å². The van der Waals surface area contributed by atoms with Crippen LogP contribution in [0.15, 0.2) is 34.8 Å². The highest BCUT2D eigenvalue weighted by molar-refractivity contribution is 6.25. The van der Waals surface area contributed by atoms with E-state index in [-0.39, 0.29) is 0 Å². The molecule has 0 spiro atoms. The second kappa shape index (κ2) is 5.79. The summed E-state index contributed by atoms with van der Waals surface area (Å²) >= 11 is 0. The lowest BCUT2D eigenvalue weighted by Gasteiger charge is -2.17. The Bertz CT molecular complexity index is 909. The molecular formula is C23H26N2. The Morgan fingerprint density at radius 3 is 2.40 bits per heavy atom. The zero-order chi connectivity index (χ0) is 17.0. The normalized spacial score (nSPS) is 21.4. The molecule has 2 heteroatoms. The second-order valence-electron chi connectivity index (χ2n) is 8.18. The number of benzene rings is 1. The fourth-order valence-corrected chi connectivity index (χ4v) is 4.76. The van der Waals surface area contributed by atoms with Gasteiger partial charge in [0.05, 0.1) is 12.1 Å². The van der Waals surface area contributed by atoms with Crippen molar-refractivity contribution >= 4 is 22.2 Å². The predicted molar refractivity (Wildman–Crippen MR) is 105 cm³/mol. The fraction of sp³-hybridized carbons (Fsp3) is 0.478. The third-order valence-electron chi connectivity index (χ3n) is 6.28. The molecule has 0 unspecified atom stereocenters. The van der Waals surface area contributed by atoms with Crippen LogP contribution in [-0.2, 0) is 0 Å². The molecule has 3 aliphatic rings. The van der Waals surface area contributed by atoms with Gasteiger partial charge in [-0.15, -0.1) is 0 Å². The van der Waals surface area contributed by atoms with E-state index in [1.54, 1.807) is 0 Å². The van der Waals surface area contributed by atoms with E-state index in [4.69, 9.17) is 4.98 Å². The largest absolute Gasteiger partial charge is 0.285 e. The Labute approximate surface area is 150 Å². The molecule has 0 atom stereocenters. The smallest absolute Gasteiger partial charge is 0.0714 e. The number of fused-ring (bicyclic) bond motifs is 1. The number of aliphatic imine (C=N–C) groups is 1. The van der Waals surface area contributed by atoms with Crippen molar-refractivity contribution < 1.29 is 0 Å². The van der Waals surface area contributed by atoms with Crippen LogP contribution in [0, 0.1) is 0 Å². The molecule has 0 saturated heterocycles. The van der Waals surface area contributed by atoms with Gasteiger partial charge in [-0.3, -0.25) is 9.98 Å². The highest BCUT2D eigenvalue weighted by Gasteiger charge is 2.27. The summed E-state index contributed by atoms with van der Waals surface area (Å²) in [5.74, 6) is 1.41. The van der Waals surface area contributed by atoms with Crippen molar-refractivity contribution in [2.24, 2.45) is 4.99 Å². The molecule has 0 N–H and O–H groups in total. The van der Waals surface area contributed by atoms with E-state index in [9.17, 15) is 0 Å². The number of hydrogen-bond donors (Lipinski definition) is 0. The first kappa shape index (κ1) is 15.3. The summed E-state index contributed by atoms with van der Waals surface area (Å²) in [6, 6.07) is 9.41. The summed E-state index contributed by atoms with van der Waals surface area (Å²) in [4.78, 5) is 9.75. The summed E-state index contributed by atoms with van der Waals surface area (Å²) in [5.41, 5.74) is 9.30. The molecule has 2 fully saturated rings. The molecule has 5 rings (SSSR count). The Kier molecular flexibility index (Phi) is 3.55. The summed E-state index contributed by atoms with van der Waals surface area (Å²) < 4.78 is 0. The second-order valence-corrected chi connectivity index (χ2v) is 8.18. The minimum Gasteiger partial charge on any atom is -0.285 e. The van der Waals surface area contributed by atoms with Gasteiger partial charge in [0, 0.05) is 28.3 Å². The van der Waals surface area contributed by atoms with Gasteiger partial charge in [0.2, 0.25) is 0 Å². The summed E-state index contributed by atoms with van der Waals surface area (Å²) in [7, 11) is 0. The molecule has 1 aromatic carbocycles. The van der Waals surface area contributed by atoms with Crippen LogP contribution in [0.5, 0.6) is 0 Å². The molecule has 0 amide bonds. The van der Waals surface area contributed by atoms with Crippen LogP contribution in [0.3, 0.4) is 0 Å². The summed E-state index contributed by atoms with van der Waals surface area (Å²) in [6.45, 7) is 5.23. The summed E-state index contributed by atoms with van der Waals surface area (Å²) in [5, 5.41) is 1.38. The Hall–Kier alpha value is -1.96. The number of aromatic nitrogens is 1. The maximum atomic E-state index is 5.09. The molecule has 2 nitrogen and oxygen atoms in total. The molecule has 2 aliphatic carbocycles. The molecule has 2 heterocycles. The molecule has 2 saturated carbocycles. The van der Waals surface area contributed by atoms with Gasteiger partial charge in [0.25, 0.3) is 0 Å². The van der Waals surface area contributed by atoms with Gasteiger partial charge < -0.3 is 0 Å². The van der Waals surface area contributed by atoms with E-state index in [2.05, 4.69) is 43.1 Å². The van der Waals surface area contributed by atoms with Gasteiger partial charge in [0.15, 0.2) is 0 Å². The topological polar surface area (TPSA) is 25.2 Å². The van der Waals surface area contributed by atoms with E-state index in [1.165, 1.54) is 83.1 Å². The van der Waals surface area contributed by atoms with Crippen LogP contribution in [0.4, 0.5) is 0 Å². The van der Waals surface area contributed by atoms with Crippen molar-refractivity contribution in [2.45, 2.75) is 64.2 Å². The molecule has 1 aliphatic heterocycles. The lowest BCUT2D eigenvalue weighted by atomic mass is 9.88. The first-order chi connectivity index (χ1) is 12.2. The van der Waals surface area contributed by atoms with E-state index in [1.807, 2.05) is 0 Å². The van der Waals surface area contributed by atoms with E-state index in [0.717, 1.165) is 6.54 Å². The average Bonchev–Trinajstić information content (AvgIpc) is 3.22. The van der Waals surface area contributed by atoms with Crippen molar-refractivity contribution in [2.75, 3.05) is 6.54 Å². The average molecular weight is 330 g/mol. The minimum absolute atomic E-state index is 0.704. The number of allylic oxidation sites excluding steroid dienone is 1. The molecule has 25 heavy (non-hydrogen) atoms. The van der Waals surface area contributed by atoms with Crippen LogP contribution in [0.1, 0.15) is 81.0 Å². The maximum Gasteiger partial charge on any atom is 0.0714 e. The summed E-state index contributed by atoms with van der Waals surface area (Å²) in [6.07, 6.45) is 8.01. The van der Waals surface area contributed by atoms with Crippen molar-refractivity contribution in [3.8, 4) is 0 Å². The fourth-order valence-electron chi connectivity index (χ4n) is 4.76. The van der Waals surface area contributed by atoms with Crippen molar-refractivity contribution in [3.63, 3.8) is 0 Å². The van der Waals surface area contributed by atoms with Crippen LogP contribution < -0.4 is 0 Å². The highest BCUT2D eigenvalue weighted by atomic mass is 14.8. The quantitative estimate of drug-likeness (QED) is 0.675. The maximum absolute atomic E-state index is 5.09. The van der Waals surface area contributed by atoms with Crippen LogP contribution in [-0.4, -0.2) is 17.2 Å². The molecule has 0 bridgehead atoms. The molecular weight excluding hydrogens is 304 g/mol. The zero-order valence-corrected chi connectivity index (χ0v) is 15.3. The van der Waals surface area contributed by atoms with Crippen LogP contribution >= 0.6 is 0 Å². The molecule has 0 radical (unpaired) electrons. The Morgan fingerprint density at radius 1 is 0.920 bits per heavy atom. The minimum atomic E-state index is 0.704. The Balaban J connectivity index is 1.72. The van der Waals surface area contributed by atoms with E-state index in [0.29, 0.717) is 11.8 Å². The first-order valence-corrected chi connectivity index (χ1v) is 9.87. The van der Waals surface area contributed by atoms with Gasteiger partial charge in [-0.1, -0.05) is 25.0 Å². The van der Waals surface area contributed by atoms with Gasteiger partial charge in [-0.25, -0.2) is 0 Å². The molecule has 1 aromatic heterocycles. The number of nitrogens with zero attached hydrogens (tertiary/aromatic N) is 2. The third kappa shape index (κ3) is 2.63. The van der Waals surface area contributed by atoms with E-state index >= 15 is 0 Å². The lowest BCUT2D eigenvalue weighted by Crippen LogP contribution is -2.01. The lowest BCUT2D eigenvalue weighted by molar-refractivity contribution is 0.729. The Morgan fingerprint density at radius 2 is 1.72 bits per heavy atom. The molecule has 128 valence electrons. The highest BCUT2D eigenvalue weighted by Crippen LogP contribution is 2.42. The van der Waals surface area contributed by atoms with Gasteiger partial charge in [-0.2, -0.15) is 0 Å². The van der Waals surface area contributed by atoms with Gasteiger partial charge in [-0.05, 0) is 74.3 Å². The van der Waals surface area contributed by atoms with Crippen molar-refractivity contribution in [1.82, 2.24) is 4.98 Å². The van der Waals surface area contributed by atoms with Crippen LogP contribution in [0.2, 0.25) is 0 Å². The standard InChI is InChI=1S/C23H26N2/c1-14-13-24-15(2)23(14)18-11-20(16-5-3-4-6-16)19-9-10-21(17-7-8-17)25-22(19)12-18/h9-12,16-17H,3-8,13H2,1-2H3. The number of hydrogen-bond acceptors (Lipinski definition) is 2. The zero-order valence-electron chi connectivity index (χ0n) is 15.3. The number of pyridine rings is 1. The predicted octanol–water partition coefficient (Wildman–Crippen LogP) is 6.02. The SMILES string of the molecule is CC1=NCC(C)=C1c1cc(C2CCCC2)c2ccc(C3CC3)nc2c1.